The zero-order valence-corrected chi connectivity index (χ0v) is 13.6. The second kappa shape index (κ2) is 5.99. The fraction of sp³-hybridized carbons (Fsp3) is 0.556. The molecule has 4 saturated carbocycles. The van der Waals surface area contributed by atoms with Gasteiger partial charge in [0.2, 0.25) is 0 Å². The van der Waals surface area contributed by atoms with Gasteiger partial charge in [0.05, 0.1) is 0 Å². The van der Waals surface area contributed by atoms with Gasteiger partial charge in [-0.25, -0.2) is 0 Å². The van der Waals surface area contributed by atoms with E-state index in [0.29, 0.717) is 5.11 Å². The van der Waals surface area contributed by atoms with Crippen LogP contribution >= 0.6 is 12.2 Å². The second-order valence-electron chi connectivity index (χ2n) is 7.12. The first kappa shape index (κ1) is 14.2. The van der Waals surface area contributed by atoms with Crippen LogP contribution in [0.3, 0.4) is 0 Å². The number of hydrogen-bond acceptors (Lipinski definition) is 2. The number of rotatable bonds is 3. The van der Waals surface area contributed by atoms with Crippen LogP contribution in [0.2, 0.25) is 0 Å². The Hall–Kier alpha value is -1.42. The minimum Gasteiger partial charge on any atom is -0.357 e. The first-order valence-electron chi connectivity index (χ1n) is 8.43. The molecule has 22 heavy (non-hydrogen) atoms. The molecule has 2 N–H and O–H groups in total. The van der Waals surface area contributed by atoms with E-state index in [2.05, 4.69) is 22.9 Å². The van der Waals surface area contributed by atoms with Crippen molar-refractivity contribution < 1.29 is 0 Å². The number of hydrazone groups is 1. The van der Waals surface area contributed by atoms with Crippen molar-refractivity contribution in [1.29, 1.82) is 0 Å². The Balaban J connectivity index is 1.33. The minimum absolute atomic E-state index is 0.630. The molecule has 0 heterocycles. The van der Waals surface area contributed by atoms with Crippen LogP contribution < -0.4 is 10.7 Å². The Morgan fingerprint density at radius 3 is 2.27 bits per heavy atom. The van der Waals surface area contributed by atoms with Crippen LogP contribution in [-0.2, 0) is 6.54 Å². The monoisotopic (exact) mass is 313 g/mol. The summed E-state index contributed by atoms with van der Waals surface area (Å²) in [5.41, 5.74) is 5.72. The Kier molecular flexibility index (Phi) is 3.87. The summed E-state index contributed by atoms with van der Waals surface area (Å²) >= 11 is 5.36. The third-order valence-corrected chi connectivity index (χ3v) is 5.79. The maximum Gasteiger partial charge on any atom is 0.187 e. The minimum atomic E-state index is 0.630. The molecule has 0 unspecified atom stereocenters. The van der Waals surface area contributed by atoms with Crippen molar-refractivity contribution in [2.24, 2.45) is 28.8 Å². The molecular weight excluding hydrogens is 290 g/mol. The van der Waals surface area contributed by atoms with Crippen LogP contribution in [0.4, 0.5) is 0 Å². The highest BCUT2D eigenvalue weighted by molar-refractivity contribution is 7.80. The summed E-state index contributed by atoms with van der Waals surface area (Å²) in [6, 6.07) is 10.3. The Labute approximate surface area is 137 Å². The van der Waals surface area contributed by atoms with Gasteiger partial charge in [-0.15, -0.1) is 0 Å². The molecule has 0 aliphatic heterocycles. The summed E-state index contributed by atoms with van der Waals surface area (Å²) in [5.74, 6) is 3.40. The van der Waals surface area contributed by atoms with E-state index in [1.807, 2.05) is 18.2 Å². The molecule has 4 bridgehead atoms. The van der Waals surface area contributed by atoms with E-state index in [0.717, 1.165) is 30.2 Å². The van der Waals surface area contributed by atoms with Crippen LogP contribution in [0.5, 0.6) is 0 Å². The van der Waals surface area contributed by atoms with Gasteiger partial charge in [-0.1, -0.05) is 30.3 Å². The maximum absolute atomic E-state index is 5.36. The van der Waals surface area contributed by atoms with Gasteiger partial charge in [0, 0.05) is 12.3 Å². The predicted octanol–water partition coefficient (Wildman–Crippen LogP) is 3.46. The molecule has 116 valence electrons. The van der Waals surface area contributed by atoms with E-state index in [4.69, 9.17) is 17.3 Å². The Bertz CT molecular complexity index is 551. The van der Waals surface area contributed by atoms with Gasteiger partial charge < -0.3 is 5.32 Å². The van der Waals surface area contributed by atoms with Crippen LogP contribution in [0.15, 0.2) is 35.4 Å². The van der Waals surface area contributed by atoms with Crippen molar-refractivity contribution in [3.05, 3.63) is 35.9 Å². The molecule has 0 spiro atoms. The van der Waals surface area contributed by atoms with Gasteiger partial charge in [0.25, 0.3) is 0 Å². The maximum atomic E-state index is 5.36. The lowest BCUT2D eigenvalue weighted by atomic mass is 9.55. The summed E-state index contributed by atoms with van der Waals surface area (Å²) in [7, 11) is 0. The molecule has 0 aromatic heterocycles. The molecule has 4 fully saturated rings. The zero-order valence-electron chi connectivity index (χ0n) is 12.8. The standard InChI is InChI=1S/C18H23N3S/c22-18(19-11-12-4-2-1-3-5-12)21-20-17-15-7-13-6-14(9-15)10-16(17)8-13/h1-5,13-16H,6-11H2,(H2,19,21,22). The highest BCUT2D eigenvalue weighted by Gasteiger charge is 2.46. The molecule has 4 heteroatoms. The van der Waals surface area contributed by atoms with Gasteiger partial charge in [-0.2, -0.15) is 5.10 Å². The van der Waals surface area contributed by atoms with Crippen LogP contribution in [0.1, 0.15) is 37.7 Å². The third kappa shape index (κ3) is 2.89. The molecule has 5 rings (SSSR count). The van der Waals surface area contributed by atoms with E-state index in [1.54, 1.807) is 0 Å². The van der Waals surface area contributed by atoms with E-state index in [-0.39, 0.29) is 0 Å². The van der Waals surface area contributed by atoms with Crippen LogP contribution in [-0.4, -0.2) is 10.8 Å². The fourth-order valence-corrected chi connectivity index (χ4v) is 4.90. The first-order valence-corrected chi connectivity index (χ1v) is 8.84. The highest BCUT2D eigenvalue weighted by Crippen LogP contribution is 2.52. The lowest BCUT2D eigenvalue weighted by Crippen LogP contribution is -2.46. The van der Waals surface area contributed by atoms with Gasteiger partial charge in [-0.3, -0.25) is 5.43 Å². The summed E-state index contributed by atoms with van der Waals surface area (Å²) in [6.45, 7) is 0.745. The van der Waals surface area contributed by atoms with Crippen molar-refractivity contribution in [3.8, 4) is 0 Å². The molecule has 0 saturated heterocycles. The molecule has 1 aromatic rings. The predicted molar refractivity (Wildman–Crippen MR) is 93.5 cm³/mol. The zero-order chi connectivity index (χ0) is 14.9. The molecule has 3 nitrogen and oxygen atoms in total. The van der Waals surface area contributed by atoms with E-state index < -0.39 is 0 Å². The first-order chi connectivity index (χ1) is 10.8. The average Bonchev–Trinajstić information content (AvgIpc) is 2.52. The quantitative estimate of drug-likeness (QED) is 0.663. The van der Waals surface area contributed by atoms with Gasteiger partial charge >= 0.3 is 0 Å². The number of benzene rings is 1. The van der Waals surface area contributed by atoms with E-state index in [9.17, 15) is 0 Å². The van der Waals surface area contributed by atoms with Crippen molar-refractivity contribution in [2.75, 3.05) is 0 Å². The Morgan fingerprint density at radius 1 is 1.00 bits per heavy atom. The van der Waals surface area contributed by atoms with Gasteiger partial charge in [0.1, 0.15) is 0 Å². The van der Waals surface area contributed by atoms with Crippen molar-refractivity contribution in [3.63, 3.8) is 0 Å². The van der Waals surface area contributed by atoms with Crippen molar-refractivity contribution >= 4 is 23.0 Å². The number of nitrogens with one attached hydrogen (secondary N) is 2. The van der Waals surface area contributed by atoms with Gasteiger partial charge in [0.15, 0.2) is 5.11 Å². The second-order valence-corrected chi connectivity index (χ2v) is 7.53. The lowest BCUT2D eigenvalue weighted by Gasteiger charge is -2.50. The number of hydrogen-bond donors (Lipinski definition) is 2. The molecule has 4 aliphatic carbocycles. The largest absolute Gasteiger partial charge is 0.357 e. The average molecular weight is 313 g/mol. The smallest absolute Gasteiger partial charge is 0.187 e. The summed E-state index contributed by atoms with van der Waals surface area (Å²) in [4.78, 5) is 0. The Morgan fingerprint density at radius 2 is 1.64 bits per heavy atom. The number of nitrogens with zero attached hydrogens (tertiary/aromatic N) is 1. The van der Waals surface area contributed by atoms with E-state index >= 15 is 0 Å². The highest BCUT2D eigenvalue weighted by atomic mass is 32.1. The molecule has 4 aliphatic rings. The molecular formula is C18H23N3S. The normalized spacial score (nSPS) is 31.9. The SMILES string of the molecule is S=C(NCc1ccccc1)NN=C1C2CC3CC(C2)CC1C3. The van der Waals surface area contributed by atoms with Gasteiger partial charge in [-0.05, 0) is 73.6 Å². The molecule has 0 radical (unpaired) electrons. The fourth-order valence-electron chi connectivity index (χ4n) is 4.78. The van der Waals surface area contributed by atoms with Crippen molar-refractivity contribution in [2.45, 2.75) is 38.6 Å². The summed E-state index contributed by atoms with van der Waals surface area (Å²) in [5, 5.41) is 8.56. The molecule has 0 atom stereocenters. The molecule has 0 amide bonds. The summed E-state index contributed by atoms with van der Waals surface area (Å²) in [6.07, 6.45) is 6.91. The third-order valence-electron chi connectivity index (χ3n) is 5.56. The lowest BCUT2D eigenvalue weighted by molar-refractivity contribution is 0.108. The van der Waals surface area contributed by atoms with E-state index in [1.165, 1.54) is 43.4 Å². The number of thiocarbonyl (C=S) groups is 1. The topological polar surface area (TPSA) is 36.4 Å². The van der Waals surface area contributed by atoms with Crippen LogP contribution in [0, 0.1) is 23.7 Å². The van der Waals surface area contributed by atoms with Crippen molar-refractivity contribution in [1.82, 2.24) is 10.7 Å². The van der Waals surface area contributed by atoms with Crippen LogP contribution in [0.25, 0.3) is 0 Å². The summed E-state index contributed by atoms with van der Waals surface area (Å²) < 4.78 is 0. The molecule has 1 aromatic carbocycles.